The van der Waals surface area contributed by atoms with E-state index in [2.05, 4.69) is 79.0 Å². The van der Waals surface area contributed by atoms with Gasteiger partial charge in [-0.15, -0.1) is 0 Å². The lowest BCUT2D eigenvalue weighted by atomic mass is 10.0. The Hall–Kier alpha value is -1.73. The maximum atomic E-state index is 12.3. The minimum atomic E-state index is -0.460. The van der Waals surface area contributed by atoms with Crippen molar-refractivity contribution in [1.82, 2.24) is 4.90 Å². The maximum absolute atomic E-state index is 12.3. The van der Waals surface area contributed by atoms with Gasteiger partial charge in [-0.3, -0.25) is 0 Å². The molecule has 5 nitrogen and oxygen atoms in total. The van der Waals surface area contributed by atoms with E-state index < -0.39 is 5.60 Å². The molecule has 2 aliphatic rings. The van der Waals surface area contributed by atoms with Crippen LogP contribution in [0.3, 0.4) is 0 Å². The van der Waals surface area contributed by atoms with Gasteiger partial charge in [0.1, 0.15) is 5.60 Å². The number of ether oxygens (including phenoxy) is 1. The van der Waals surface area contributed by atoms with E-state index in [1.54, 1.807) is 4.90 Å². The van der Waals surface area contributed by atoms with Gasteiger partial charge >= 0.3 is 6.09 Å². The Bertz CT molecular complexity index is 1010. The average Bonchev–Trinajstić information content (AvgIpc) is 3.08. The molecule has 1 fully saturated rings. The van der Waals surface area contributed by atoms with Crippen LogP contribution in [0.2, 0.25) is 0 Å². The van der Waals surface area contributed by atoms with Crippen LogP contribution in [0, 0.1) is 0 Å². The van der Waals surface area contributed by atoms with Crippen molar-refractivity contribution in [2.75, 3.05) is 49.6 Å². The fourth-order valence-electron chi connectivity index (χ4n) is 4.31. The third-order valence-electron chi connectivity index (χ3n) is 6.09. The molecule has 0 atom stereocenters. The highest BCUT2D eigenvalue weighted by Crippen LogP contribution is 2.35. The summed E-state index contributed by atoms with van der Waals surface area (Å²) in [7, 11) is 2.15. The van der Waals surface area contributed by atoms with Crippen LogP contribution in [0.1, 0.15) is 37.5 Å². The molecule has 0 radical (unpaired) electrons. The van der Waals surface area contributed by atoms with Gasteiger partial charge < -0.3 is 19.4 Å². The van der Waals surface area contributed by atoms with Crippen LogP contribution in [0.25, 0.3) is 0 Å². The highest BCUT2D eigenvalue weighted by atomic mass is 79.9. The molecule has 0 unspecified atom stereocenters. The minimum absolute atomic E-state index is 0.222. The summed E-state index contributed by atoms with van der Waals surface area (Å²) in [6, 6.07) is 11.2. The first-order valence-electron chi connectivity index (χ1n) is 11.1. The molecule has 0 saturated carbocycles. The number of rotatable bonds is 3. The van der Waals surface area contributed by atoms with E-state index in [4.69, 9.17) is 4.74 Å². The number of halogens is 2. The number of likely N-dealkylation sites (N-methyl/N-ethyl adjacent to an activating group) is 1. The van der Waals surface area contributed by atoms with Crippen molar-refractivity contribution < 1.29 is 9.53 Å². The molecule has 2 aliphatic heterocycles. The third-order valence-corrected chi connectivity index (χ3v) is 7.57. The normalized spacial score (nSPS) is 16.4. The zero-order valence-electron chi connectivity index (χ0n) is 19.3. The number of hydrogen-bond donors (Lipinski definition) is 0. The summed E-state index contributed by atoms with van der Waals surface area (Å²) in [5, 5.41) is 0. The third kappa shape index (κ3) is 5.25. The topological polar surface area (TPSA) is 36.0 Å². The fraction of sp³-hybridized carbons (Fsp3) is 0.480. The molecule has 4 rings (SSSR count). The summed E-state index contributed by atoms with van der Waals surface area (Å²) >= 11 is 7.58. The smallest absolute Gasteiger partial charge is 0.410 e. The number of hydrogen-bond acceptors (Lipinski definition) is 4. The molecule has 2 aromatic carbocycles. The molecule has 0 spiro atoms. The van der Waals surface area contributed by atoms with Crippen LogP contribution < -0.4 is 9.80 Å². The Kier molecular flexibility index (Phi) is 6.78. The molecular formula is C25H31Br2N3O2. The van der Waals surface area contributed by atoms with Crippen LogP contribution in [0.15, 0.2) is 39.3 Å². The second-order valence-electron chi connectivity index (χ2n) is 9.65. The maximum Gasteiger partial charge on any atom is 0.410 e. The molecule has 0 aliphatic carbocycles. The highest BCUT2D eigenvalue weighted by Gasteiger charge is 2.26. The molecule has 0 N–H and O–H groups in total. The SMILES string of the molecule is CN1CCc2cc(Cc3ccc(N4CCN(C(=O)OC(C)(C)C)CC4)cc3Br)c(Br)cc21. The first-order chi connectivity index (χ1) is 15.1. The van der Waals surface area contributed by atoms with Crippen LogP contribution in [0.4, 0.5) is 16.2 Å². The van der Waals surface area contributed by atoms with Crippen molar-refractivity contribution in [2.24, 2.45) is 0 Å². The van der Waals surface area contributed by atoms with Gasteiger partial charge in [-0.2, -0.15) is 0 Å². The fourth-order valence-corrected chi connectivity index (χ4v) is 5.29. The molecule has 2 aromatic rings. The number of carbonyl (C=O) groups excluding carboxylic acids is 1. The number of benzene rings is 2. The largest absolute Gasteiger partial charge is 0.444 e. The molecule has 0 bridgehead atoms. The van der Waals surface area contributed by atoms with Gasteiger partial charge in [0.05, 0.1) is 0 Å². The Labute approximate surface area is 208 Å². The zero-order chi connectivity index (χ0) is 23.0. The molecule has 1 amide bonds. The molecule has 1 saturated heterocycles. The summed E-state index contributed by atoms with van der Waals surface area (Å²) in [5.74, 6) is 0. The number of piperazine rings is 1. The Morgan fingerprint density at radius 2 is 1.66 bits per heavy atom. The molecule has 0 aromatic heterocycles. The highest BCUT2D eigenvalue weighted by molar-refractivity contribution is 9.10. The summed E-state index contributed by atoms with van der Waals surface area (Å²) < 4.78 is 7.79. The van der Waals surface area contributed by atoms with Crippen LogP contribution in [-0.2, 0) is 17.6 Å². The first-order valence-corrected chi connectivity index (χ1v) is 12.7. The van der Waals surface area contributed by atoms with Gasteiger partial charge in [0.15, 0.2) is 0 Å². The number of amides is 1. The lowest BCUT2D eigenvalue weighted by molar-refractivity contribution is 0.0240. The van der Waals surface area contributed by atoms with E-state index in [9.17, 15) is 4.79 Å². The van der Waals surface area contributed by atoms with Gasteiger partial charge in [-0.1, -0.05) is 44.0 Å². The van der Waals surface area contributed by atoms with E-state index in [-0.39, 0.29) is 6.09 Å². The van der Waals surface area contributed by atoms with Crippen molar-refractivity contribution in [2.45, 2.75) is 39.2 Å². The number of fused-ring (bicyclic) bond motifs is 1. The standard InChI is InChI=1S/C25H31Br2N3O2/c1-25(2,3)32-24(31)30-11-9-29(10-12-30)20-6-5-17(21(26)15-20)13-19-14-18-7-8-28(4)23(18)16-22(19)27/h5-6,14-16H,7-13H2,1-4H3. The van der Waals surface area contributed by atoms with Crippen LogP contribution >= 0.6 is 31.9 Å². The van der Waals surface area contributed by atoms with Gasteiger partial charge in [0, 0.05) is 60.1 Å². The van der Waals surface area contributed by atoms with E-state index in [1.165, 1.54) is 32.5 Å². The predicted molar refractivity (Wildman–Crippen MR) is 138 cm³/mol. The van der Waals surface area contributed by atoms with E-state index in [1.807, 2.05) is 20.8 Å². The quantitative estimate of drug-likeness (QED) is 0.468. The monoisotopic (exact) mass is 563 g/mol. The lowest BCUT2D eigenvalue weighted by Gasteiger charge is -2.37. The number of anilines is 2. The molecule has 172 valence electrons. The molecule has 32 heavy (non-hydrogen) atoms. The van der Waals surface area contributed by atoms with Gasteiger partial charge in [0.2, 0.25) is 0 Å². The first kappa shape index (κ1) is 23.4. The lowest BCUT2D eigenvalue weighted by Crippen LogP contribution is -2.50. The van der Waals surface area contributed by atoms with Crippen molar-refractivity contribution >= 4 is 49.3 Å². The summed E-state index contributed by atoms with van der Waals surface area (Å²) in [6.45, 7) is 9.74. The number of nitrogens with zero attached hydrogens (tertiary/aromatic N) is 3. The van der Waals surface area contributed by atoms with Crippen molar-refractivity contribution in [3.8, 4) is 0 Å². The second kappa shape index (κ2) is 9.26. The Balaban J connectivity index is 1.41. The van der Waals surface area contributed by atoms with Crippen LogP contribution in [-0.4, -0.2) is 56.4 Å². The van der Waals surface area contributed by atoms with Gasteiger partial charge in [-0.05, 0) is 68.5 Å². The van der Waals surface area contributed by atoms with E-state index >= 15 is 0 Å². The molecule has 7 heteroatoms. The van der Waals surface area contributed by atoms with E-state index in [0.717, 1.165) is 36.9 Å². The van der Waals surface area contributed by atoms with Gasteiger partial charge in [-0.25, -0.2) is 4.79 Å². The zero-order valence-corrected chi connectivity index (χ0v) is 22.4. The van der Waals surface area contributed by atoms with Crippen LogP contribution in [0.5, 0.6) is 0 Å². The second-order valence-corrected chi connectivity index (χ2v) is 11.4. The van der Waals surface area contributed by atoms with Crippen molar-refractivity contribution in [1.29, 1.82) is 0 Å². The Morgan fingerprint density at radius 1 is 0.969 bits per heavy atom. The summed E-state index contributed by atoms with van der Waals surface area (Å²) in [4.78, 5) is 18.8. The Morgan fingerprint density at radius 3 is 2.31 bits per heavy atom. The van der Waals surface area contributed by atoms with E-state index in [0.29, 0.717) is 13.1 Å². The average molecular weight is 565 g/mol. The number of carbonyl (C=O) groups is 1. The van der Waals surface area contributed by atoms with Crippen molar-refractivity contribution in [3.63, 3.8) is 0 Å². The van der Waals surface area contributed by atoms with Crippen molar-refractivity contribution in [3.05, 3.63) is 56.0 Å². The summed E-state index contributed by atoms with van der Waals surface area (Å²) in [6.07, 6.45) is 1.77. The predicted octanol–water partition coefficient (Wildman–Crippen LogP) is 5.85. The van der Waals surface area contributed by atoms with Gasteiger partial charge in [0.25, 0.3) is 0 Å². The minimum Gasteiger partial charge on any atom is -0.444 e. The molecule has 2 heterocycles. The summed E-state index contributed by atoms with van der Waals surface area (Å²) in [5.41, 5.74) is 6.08. The molecular weight excluding hydrogens is 534 g/mol.